The Morgan fingerprint density at radius 2 is 2.27 bits per heavy atom. The molecule has 0 saturated heterocycles. The largest absolute Gasteiger partial charge is 0.355 e. The first kappa shape index (κ1) is 12.0. The molecule has 0 fully saturated rings. The van der Waals surface area contributed by atoms with Gasteiger partial charge in [0.15, 0.2) is 0 Å². The van der Waals surface area contributed by atoms with Crippen LogP contribution in [0, 0.1) is 0 Å². The molecule has 0 aliphatic carbocycles. The van der Waals surface area contributed by atoms with Crippen molar-refractivity contribution in [1.82, 2.24) is 14.3 Å². The number of aryl methyl sites for hydroxylation is 1. The third-order valence-electron chi connectivity index (χ3n) is 1.84. The Labute approximate surface area is 89.8 Å². The average molecular weight is 232 g/mol. The van der Waals surface area contributed by atoms with Crippen LogP contribution in [0.3, 0.4) is 0 Å². The summed E-state index contributed by atoms with van der Waals surface area (Å²) in [5.41, 5.74) is 0. The molecule has 0 aromatic carbocycles. The van der Waals surface area contributed by atoms with Crippen LogP contribution in [0.4, 0.5) is 5.95 Å². The zero-order chi connectivity index (χ0) is 11.3. The van der Waals surface area contributed by atoms with Gasteiger partial charge in [-0.3, -0.25) is 0 Å². The zero-order valence-electron chi connectivity index (χ0n) is 8.90. The number of anilines is 1. The zero-order valence-corrected chi connectivity index (χ0v) is 9.71. The van der Waals surface area contributed by atoms with E-state index in [0.717, 1.165) is 0 Å². The second kappa shape index (κ2) is 5.13. The second-order valence-corrected chi connectivity index (χ2v) is 5.03. The molecule has 1 aromatic heterocycles. The molecule has 0 aliphatic rings. The van der Waals surface area contributed by atoms with Gasteiger partial charge < -0.3 is 9.88 Å². The highest BCUT2D eigenvalue weighted by Gasteiger charge is 2.08. The van der Waals surface area contributed by atoms with Crippen molar-refractivity contribution >= 4 is 16.0 Å². The fraction of sp³-hybridized carbons (Fsp3) is 0.625. The summed E-state index contributed by atoms with van der Waals surface area (Å²) in [6.45, 7) is 2.52. The number of hydrogen-bond acceptors (Lipinski definition) is 4. The molecule has 1 heterocycles. The van der Waals surface area contributed by atoms with Gasteiger partial charge in [-0.15, -0.1) is 0 Å². The summed E-state index contributed by atoms with van der Waals surface area (Å²) in [4.78, 5) is 4.02. The van der Waals surface area contributed by atoms with Crippen LogP contribution in [0.1, 0.15) is 6.92 Å². The molecular weight excluding hydrogens is 216 g/mol. The molecule has 0 saturated carbocycles. The monoisotopic (exact) mass is 232 g/mol. The summed E-state index contributed by atoms with van der Waals surface area (Å²) >= 11 is 0. The van der Waals surface area contributed by atoms with Crippen molar-refractivity contribution in [1.29, 1.82) is 0 Å². The summed E-state index contributed by atoms with van der Waals surface area (Å²) in [6, 6.07) is 0. The first-order valence-electron chi connectivity index (χ1n) is 4.73. The molecule has 0 unspecified atom stereocenters. The summed E-state index contributed by atoms with van der Waals surface area (Å²) in [6.07, 6.45) is 3.45. The van der Waals surface area contributed by atoms with Crippen molar-refractivity contribution in [3.63, 3.8) is 0 Å². The summed E-state index contributed by atoms with van der Waals surface area (Å²) in [7, 11) is -1.31. The number of imidazole rings is 1. The Morgan fingerprint density at radius 3 is 2.80 bits per heavy atom. The van der Waals surface area contributed by atoms with Crippen LogP contribution in [0.2, 0.25) is 0 Å². The minimum Gasteiger partial charge on any atom is -0.355 e. The minimum atomic E-state index is -3.15. The van der Waals surface area contributed by atoms with Crippen molar-refractivity contribution < 1.29 is 8.42 Å². The van der Waals surface area contributed by atoms with E-state index in [9.17, 15) is 8.42 Å². The van der Waals surface area contributed by atoms with Crippen LogP contribution >= 0.6 is 0 Å². The Morgan fingerprint density at radius 1 is 1.53 bits per heavy atom. The average Bonchev–Trinajstić information content (AvgIpc) is 2.51. The van der Waals surface area contributed by atoms with Crippen LogP contribution in [0.25, 0.3) is 0 Å². The topological polar surface area (TPSA) is 76.0 Å². The smallest absolute Gasteiger partial charge is 0.213 e. The van der Waals surface area contributed by atoms with Gasteiger partial charge in [0, 0.05) is 32.5 Å². The highest BCUT2D eigenvalue weighted by Crippen LogP contribution is 1.99. The van der Waals surface area contributed by atoms with E-state index < -0.39 is 10.0 Å². The van der Waals surface area contributed by atoms with Gasteiger partial charge in [0.05, 0.1) is 5.75 Å². The Hall–Kier alpha value is -1.08. The quantitative estimate of drug-likeness (QED) is 0.710. The Balaban J connectivity index is 2.37. The fourth-order valence-electron chi connectivity index (χ4n) is 1.13. The lowest BCUT2D eigenvalue weighted by atomic mass is 10.7. The van der Waals surface area contributed by atoms with Crippen LogP contribution < -0.4 is 10.0 Å². The first-order chi connectivity index (χ1) is 7.05. The van der Waals surface area contributed by atoms with Crippen LogP contribution in [0.15, 0.2) is 12.4 Å². The number of nitrogens with zero attached hydrogens (tertiary/aromatic N) is 2. The molecule has 0 amide bonds. The van der Waals surface area contributed by atoms with Gasteiger partial charge in [-0.05, 0) is 0 Å². The number of aromatic nitrogens is 2. The van der Waals surface area contributed by atoms with Crippen molar-refractivity contribution in [3.8, 4) is 0 Å². The molecule has 0 atom stereocenters. The minimum absolute atomic E-state index is 0.0493. The van der Waals surface area contributed by atoms with Crippen molar-refractivity contribution in [2.45, 2.75) is 6.92 Å². The molecule has 86 valence electrons. The van der Waals surface area contributed by atoms with Crippen LogP contribution in [-0.2, 0) is 17.1 Å². The van der Waals surface area contributed by atoms with E-state index in [4.69, 9.17) is 0 Å². The molecule has 0 aliphatic heterocycles. The maximum absolute atomic E-state index is 11.3. The summed E-state index contributed by atoms with van der Waals surface area (Å²) < 4.78 is 26.7. The first-order valence-corrected chi connectivity index (χ1v) is 6.39. The number of sulfonamides is 1. The molecule has 15 heavy (non-hydrogen) atoms. The van der Waals surface area contributed by atoms with Gasteiger partial charge in [0.2, 0.25) is 16.0 Å². The third-order valence-corrected chi connectivity index (χ3v) is 3.31. The molecule has 2 N–H and O–H groups in total. The lowest BCUT2D eigenvalue weighted by molar-refractivity contribution is 0.584. The molecule has 1 aromatic rings. The Kier molecular flexibility index (Phi) is 4.10. The standard InChI is InChI=1S/C8H16N4O2S/c1-3-11-15(13,14)7-5-10-8-9-4-6-12(8)2/h4,6,11H,3,5,7H2,1-2H3,(H,9,10). The predicted molar refractivity (Wildman–Crippen MR) is 59.2 cm³/mol. The van der Waals surface area contributed by atoms with Crippen LogP contribution in [-0.4, -0.2) is 36.8 Å². The molecule has 0 radical (unpaired) electrons. The lowest BCUT2D eigenvalue weighted by Crippen LogP contribution is -2.29. The van der Waals surface area contributed by atoms with Gasteiger partial charge in [-0.25, -0.2) is 18.1 Å². The van der Waals surface area contributed by atoms with E-state index >= 15 is 0 Å². The van der Waals surface area contributed by atoms with Gasteiger partial charge in [0.1, 0.15) is 0 Å². The van der Waals surface area contributed by atoms with E-state index in [0.29, 0.717) is 19.0 Å². The maximum Gasteiger partial charge on any atom is 0.213 e. The normalized spacial score (nSPS) is 11.6. The van der Waals surface area contributed by atoms with Gasteiger partial charge >= 0.3 is 0 Å². The SMILES string of the molecule is CCNS(=O)(=O)CCNc1nccn1C. The molecule has 0 bridgehead atoms. The van der Waals surface area contributed by atoms with E-state index in [2.05, 4.69) is 15.0 Å². The highest BCUT2D eigenvalue weighted by atomic mass is 32.2. The lowest BCUT2D eigenvalue weighted by Gasteiger charge is -2.06. The molecular formula is C8H16N4O2S. The Bertz CT molecular complexity index is 399. The molecule has 0 spiro atoms. The van der Waals surface area contributed by atoms with E-state index in [1.54, 1.807) is 23.9 Å². The summed E-state index contributed by atoms with van der Waals surface area (Å²) in [5.74, 6) is 0.718. The molecule has 6 nitrogen and oxygen atoms in total. The predicted octanol–water partition coefficient (Wildman–Crippen LogP) is -0.229. The van der Waals surface area contributed by atoms with Crippen molar-refractivity contribution in [2.75, 3.05) is 24.2 Å². The number of nitrogens with one attached hydrogen (secondary N) is 2. The van der Waals surface area contributed by atoms with Gasteiger partial charge in [-0.1, -0.05) is 6.92 Å². The molecule has 1 rings (SSSR count). The van der Waals surface area contributed by atoms with E-state index in [-0.39, 0.29) is 5.75 Å². The van der Waals surface area contributed by atoms with Gasteiger partial charge in [0.25, 0.3) is 0 Å². The number of hydrogen-bond donors (Lipinski definition) is 2. The van der Waals surface area contributed by atoms with E-state index in [1.165, 1.54) is 0 Å². The van der Waals surface area contributed by atoms with E-state index in [1.807, 2.05) is 7.05 Å². The highest BCUT2D eigenvalue weighted by molar-refractivity contribution is 7.89. The number of rotatable bonds is 6. The third kappa shape index (κ3) is 3.88. The second-order valence-electron chi connectivity index (χ2n) is 3.11. The molecule has 7 heteroatoms. The van der Waals surface area contributed by atoms with Crippen molar-refractivity contribution in [2.24, 2.45) is 7.05 Å². The fourth-order valence-corrected chi connectivity index (χ4v) is 2.08. The maximum atomic E-state index is 11.3. The van der Waals surface area contributed by atoms with Crippen LogP contribution in [0.5, 0.6) is 0 Å². The summed E-state index contributed by atoms with van der Waals surface area (Å²) in [5, 5.41) is 2.94. The van der Waals surface area contributed by atoms with Crippen molar-refractivity contribution in [3.05, 3.63) is 12.4 Å². The van der Waals surface area contributed by atoms with Gasteiger partial charge in [-0.2, -0.15) is 0 Å².